The van der Waals surface area contributed by atoms with Crippen LogP contribution in [-0.2, 0) is 0 Å². The number of rotatable bonds is 6. The Morgan fingerprint density at radius 3 is 2.95 bits per heavy atom. The maximum absolute atomic E-state index is 5.91. The van der Waals surface area contributed by atoms with E-state index in [1.807, 2.05) is 6.26 Å². The fourth-order valence-electron chi connectivity index (χ4n) is 2.26. The molecular weight excluding hydrogens is 282 g/mol. The van der Waals surface area contributed by atoms with Crippen LogP contribution in [0.1, 0.15) is 25.7 Å². The Morgan fingerprint density at radius 2 is 2.21 bits per heavy atom. The molecule has 0 radical (unpaired) electrons. The molecule has 0 saturated carbocycles. The van der Waals surface area contributed by atoms with Gasteiger partial charge in [-0.05, 0) is 50.9 Å². The predicted octanol–water partition coefficient (Wildman–Crippen LogP) is 3.01. The molecule has 0 aliphatic carbocycles. The molecule has 1 saturated heterocycles. The van der Waals surface area contributed by atoms with Gasteiger partial charge in [0.15, 0.2) is 5.16 Å². The van der Waals surface area contributed by atoms with Crippen molar-refractivity contribution in [1.82, 2.24) is 15.3 Å². The van der Waals surface area contributed by atoms with Crippen molar-refractivity contribution in [2.75, 3.05) is 26.0 Å². The highest BCUT2D eigenvalue weighted by Gasteiger charge is 2.12. The lowest BCUT2D eigenvalue weighted by Crippen LogP contribution is -2.27. The van der Waals surface area contributed by atoms with Crippen molar-refractivity contribution in [3.05, 3.63) is 11.2 Å². The van der Waals surface area contributed by atoms with Crippen LogP contribution in [0.15, 0.2) is 11.2 Å². The van der Waals surface area contributed by atoms with E-state index >= 15 is 0 Å². The molecule has 1 aromatic heterocycles. The zero-order valence-electron chi connectivity index (χ0n) is 11.2. The SMILES string of the molecule is CSc1nc(Cl)cc(OCCCC2CCNCC2)n1. The molecule has 1 N–H and O–H groups in total. The van der Waals surface area contributed by atoms with Gasteiger partial charge in [-0.3, -0.25) is 0 Å². The molecule has 0 aromatic carbocycles. The van der Waals surface area contributed by atoms with Crippen LogP contribution >= 0.6 is 23.4 Å². The lowest BCUT2D eigenvalue weighted by atomic mass is 9.93. The molecule has 4 nitrogen and oxygen atoms in total. The Bertz CT molecular complexity index is 399. The molecule has 6 heteroatoms. The highest BCUT2D eigenvalue weighted by atomic mass is 35.5. The van der Waals surface area contributed by atoms with Gasteiger partial charge in [-0.2, -0.15) is 4.98 Å². The first-order valence-electron chi connectivity index (χ1n) is 6.70. The minimum atomic E-state index is 0.438. The molecule has 0 amide bonds. The Balaban J connectivity index is 1.71. The van der Waals surface area contributed by atoms with Crippen molar-refractivity contribution in [2.24, 2.45) is 5.92 Å². The Labute approximate surface area is 123 Å². The van der Waals surface area contributed by atoms with Gasteiger partial charge in [0, 0.05) is 6.07 Å². The average Bonchev–Trinajstić information content (AvgIpc) is 2.44. The maximum atomic E-state index is 5.91. The molecule has 2 heterocycles. The van der Waals surface area contributed by atoms with E-state index in [1.54, 1.807) is 6.07 Å². The van der Waals surface area contributed by atoms with Gasteiger partial charge in [-0.25, -0.2) is 4.98 Å². The summed E-state index contributed by atoms with van der Waals surface area (Å²) < 4.78 is 5.66. The van der Waals surface area contributed by atoms with Crippen molar-refractivity contribution in [1.29, 1.82) is 0 Å². The summed E-state index contributed by atoms with van der Waals surface area (Å²) in [5.74, 6) is 1.43. The van der Waals surface area contributed by atoms with Gasteiger partial charge < -0.3 is 10.1 Å². The first-order valence-corrected chi connectivity index (χ1v) is 8.30. The molecule has 1 aliphatic heterocycles. The topological polar surface area (TPSA) is 47.0 Å². The molecule has 106 valence electrons. The second-order valence-electron chi connectivity index (χ2n) is 4.70. The standard InChI is InChI=1S/C13H20ClN3OS/c1-19-13-16-11(14)9-12(17-13)18-8-2-3-10-4-6-15-7-5-10/h9-10,15H,2-8H2,1H3. The van der Waals surface area contributed by atoms with Crippen LogP contribution in [0.2, 0.25) is 5.15 Å². The number of nitrogens with zero attached hydrogens (tertiary/aromatic N) is 2. The lowest BCUT2D eigenvalue weighted by molar-refractivity contribution is 0.265. The quantitative estimate of drug-likeness (QED) is 0.379. The third-order valence-electron chi connectivity index (χ3n) is 3.30. The summed E-state index contributed by atoms with van der Waals surface area (Å²) in [6, 6.07) is 1.67. The molecule has 19 heavy (non-hydrogen) atoms. The first kappa shape index (κ1) is 14.9. The zero-order chi connectivity index (χ0) is 13.5. The largest absolute Gasteiger partial charge is 0.478 e. The number of hydrogen-bond acceptors (Lipinski definition) is 5. The van der Waals surface area contributed by atoms with Crippen molar-refractivity contribution in [2.45, 2.75) is 30.8 Å². The summed E-state index contributed by atoms with van der Waals surface area (Å²) in [5.41, 5.74) is 0. The summed E-state index contributed by atoms with van der Waals surface area (Å²) in [7, 11) is 0. The van der Waals surface area contributed by atoms with E-state index in [9.17, 15) is 0 Å². The number of halogens is 1. The normalized spacial score (nSPS) is 16.5. The van der Waals surface area contributed by atoms with Gasteiger partial charge in [0.1, 0.15) is 5.15 Å². The van der Waals surface area contributed by atoms with E-state index < -0.39 is 0 Å². The van der Waals surface area contributed by atoms with Crippen LogP contribution in [0, 0.1) is 5.92 Å². The molecule has 1 aliphatic rings. The van der Waals surface area contributed by atoms with E-state index in [0.29, 0.717) is 22.8 Å². The van der Waals surface area contributed by atoms with E-state index in [4.69, 9.17) is 16.3 Å². The minimum Gasteiger partial charge on any atom is -0.478 e. The smallest absolute Gasteiger partial charge is 0.218 e. The van der Waals surface area contributed by atoms with Gasteiger partial charge in [0.05, 0.1) is 6.61 Å². The fraction of sp³-hybridized carbons (Fsp3) is 0.692. The van der Waals surface area contributed by atoms with Gasteiger partial charge in [-0.15, -0.1) is 0 Å². The van der Waals surface area contributed by atoms with Crippen LogP contribution in [0.5, 0.6) is 5.88 Å². The number of thioether (sulfide) groups is 1. The Kier molecular flexibility index (Phi) is 6.20. The van der Waals surface area contributed by atoms with Crippen molar-refractivity contribution in [3.8, 4) is 5.88 Å². The average molecular weight is 302 g/mol. The van der Waals surface area contributed by atoms with Crippen molar-refractivity contribution < 1.29 is 4.74 Å². The zero-order valence-corrected chi connectivity index (χ0v) is 12.8. The monoisotopic (exact) mass is 301 g/mol. The predicted molar refractivity (Wildman–Crippen MR) is 79.1 cm³/mol. The first-order chi connectivity index (χ1) is 9.28. The number of aromatic nitrogens is 2. The summed E-state index contributed by atoms with van der Waals surface area (Å²) in [4.78, 5) is 8.36. The molecule has 1 aromatic rings. The maximum Gasteiger partial charge on any atom is 0.218 e. The van der Waals surface area contributed by atoms with Crippen LogP contribution in [0.4, 0.5) is 0 Å². The molecule has 2 rings (SSSR count). The molecule has 0 atom stereocenters. The van der Waals surface area contributed by atoms with Gasteiger partial charge in [-0.1, -0.05) is 23.4 Å². The lowest BCUT2D eigenvalue weighted by Gasteiger charge is -2.22. The Morgan fingerprint density at radius 1 is 1.42 bits per heavy atom. The van der Waals surface area contributed by atoms with E-state index in [1.165, 1.54) is 31.0 Å². The Hall–Kier alpha value is -0.520. The third-order valence-corrected chi connectivity index (χ3v) is 4.04. The van der Waals surface area contributed by atoms with Crippen LogP contribution in [-0.4, -0.2) is 35.9 Å². The number of piperidine rings is 1. The number of hydrogen-bond donors (Lipinski definition) is 1. The summed E-state index contributed by atoms with van der Waals surface area (Å²) in [6.07, 6.45) is 6.80. The highest BCUT2D eigenvalue weighted by Crippen LogP contribution is 2.20. The summed E-state index contributed by atoms with van der Waals surface area (Å²) in [6.45, 7) is 3.01. The van der Waals surface area contributed by atoms with Crippen molar-refractivity contribution in [3.63, 3.8) is 0 Å². The molecule has 0 unspecified atom stereocenters. The molecule has 0 bridgehead atoms. The molecular formula is C13H20ClN3OS. The van der Waals surface area contributed by atoms with Crippen molar-refractivity contribution >= 4 is 23.4 Å². The summed E-state index contributed by atoms with van der Waals surface area (Å²) in [5, 5.41) is 4.48. The van der Waals surface area contributed by atoms with Gasteiger partial charge >= 0.3 is 0 Å². The number of nitrogens with one attached hydrogen (secondary N) is 1. The van der Waals surface area contributed by atoms with Crippen LogP contribution in [0.3, 0.4) is 0 Å². The fourth-order valence-corrected chi connectivity index (χ4v) is 2.86. The highest BCUT2D eigenvalue weighted by molar-refractivity contribution is 7.98. The van der Waals surface area contributed by atoms with E-state index in [0.717, 1.165) is 25.4 Å². The van der Waals surface area contributed by atoms with E-state index in [2.05, 4.69) is 15.3 Å². The van der Waals surface area contributed by atoms with E-state index in [-0.39, 0.29) is 0 Å². The summed E-state index contributed by atoms with van der Waals surface area (Å²) >= 11 is 7.38. The van der Waals surface area contributed by atoms with Gasteiger partial charge in [0.2, 0.25) is 5.88 Å². The van der Waals surface area contributed by atoms with Gasteiger partial charge in [0.25, 0.3) is 0 Å². The number of ether oxygens (including phenoxy) is 1. The third kappa shape index (κ3) is 5.16. The second kappa shape index (κ2) is 7.92. The minimum absolute atomic E-state index is 0.438. The second-order valence-corrected chi connectivity index (χ2v) is 5.86. The van der Waals surface area contributed by atoms with Crippen LogP contribution in [0.25, 0.3) is 0 Å². The molecule has 1 fully saturated rings. The molecule has 0 spiro atoms. The van der Waals surface area contributed by atoms with Crippen LogP contribution < -0.4 is 10.1 Å².